The molecule has 0 bridgehead atoms. The Bertz CT molecular complexity index is 601. The molecule has 12 heteroatoms. The van der Waals surface area contributed by atoms with Crippen LogP contribution in [0.1, 0.15) is 6.42 Å². The monoisotopic (exact) mass is 316 g/mol. The van der Waals surface area contributed by atoms with Gasteiger partial charge in [0.25, 0.3) is 0 Å². The van der Waals surface area contributed by atoms with E-state index in [1.54, 1.807) is 0 Å². The molecule has 1 aromatic rings. The topological polar surface area (TPSA) is 194 Å². The Balaban J connectivity index is 3.10. The predicted molar refractivity (Wildman–Crippen MR) is 68.9 cm³/mol. The average Bonchev–Trinajstić information content (AvgIpc) is 2.42. The molecule has 0 saturated carbocycles. The zero-order valence-electron chi connectivity index (χ0n) is 10.8. The van der Waals surface area contributed by atoms with Crippen molar-refractivity contribution < 1.29 is 40.7 Å². The molecular formula is C10H12N4O8. The number of aliphatic carboxylic acids is 2. The van der Waals surface area contributed by atoms with Crippen LogP contribution in [0.5, 0.6) is 0 Å². The van der Waals surface area contributed by atoms with Crippen LogP contribution in [0, 0.1) is 10.4 Å². The Hall–Kier alpha value is -2.61. The highest BCUT2D eigenvalue weighted by atomic mass is 16.8. The maximum Gasteiger partial charge on any atom is 0.352 e. The van der Waals surface area contributed by atoms with Crippen molar-refractivity contribution in [1.82, 2.24) is 0 Å². The maximum absolute atomic E-state index is 11.1. The van der Waals surface area contributed by atoms with Gasteiger partial charge in [0.15, 0.2) is 17.1 Å². The first-order valence-corrected chi connectivity index (χ1v) is 5.60. The summed E-state index contributed by atoms with van der Waals surface area (Å²) >= 11 is 0. The van der Waals surface area contributed by atoms with Crippen LogP contribution in [0.4, 0.5) is 17.1 Å². The van der Waals surface area contributed by atoms with E-state index in [2.05, 4.69) is 10.5 Å². The molecule has 0 heterocycles. The quantitative estimate of drug-likeness (QED) is 0.216. The minimum absolute atomic E-state index is 0.179. The fourth-order valence-corrected chi connectivity index (χ4v) is 1.39. The van der Waals surface area contributed by atoms with Gasteiger partial charge in [-0.25, -0.2) is 15.2 Å². The first kappa shape index (κ1) is 17.4. The lowest BCUT2D eigenvalue weighted by atomic mass is 10.2. The molecule has 0 fully saturated rings. The number of carboxylic acid groups (broad SMARTS) is 2. The van der Waals surface area contributed by atoms with Crippen LogP contribution in [0.25, 0.3) is 0 Å². The first-order valence-electron chi connectivity index (χ1n) is 5.60. The second kappa shape index (κ2) is 7.41. The zero-order valence-corrected chi connectivity index (χ0v) is 10.8. The SMILES string of the molecule is O=C(O)CC(=NNc1ccc([NH+]([O-])O)cc1[NH+]([O-])O)C(=O)O. The van der Waals surface area contributed by atoms with E-state index in [-0.39, 0.29) is 11.4 Å². The molecule has 120 valence electrons. The predicted octanol–water partition coefficient (Wildman–Crippen LogP) is -2.18. The van der Waals surface area contributed by atoms with Crippen molar-refractivity contribution >= 4 is 34.7 Å². The number of carboxylic acids is 2. The molecule has 2 unspecified atom stereocenters. The molecule has 0 spiro atoms. The lowest BCUT2D eigenvalue weighted by Crippen LogP contribution is -3.00. The van der Waals surface area contributed by atoms with Gasteiger partial charge in [0, 0.05) is 6.07 Å². The summed E-state index contributed by atoms with van der Waals surface area (Å²) in [7, 11) is 0. The average molecular weight is 316 g/mol. The maximum atomic E-state index is 11.1. The van der Waals surface area contributed by atoms with Crippen LogP contribution in [-0.4, -0.2) is 38.3 Å². The van der Waals surface area contributed by atoms with Gasteiger partial charge < -0.3 is 20.6 Å². The Kier molecular flexibility index (Phi) is 5.88. The van der Waals surface area contributed by atoms with Crippen molar-refractivity contribution in [3.8, 4) is 0 Å². The number of benzene rings is 1. The number of anilines is 1. The smallest absolute Gasteiger partial charge is 0.352 e. The molecule has 0 saturated heterocycles. The molecule has 2 atom stereocenters. The lowest BCUT2D eigenvalue weighted by molar-refractivity contribution is -0.996. The van der Waals surface area contributed by atoms with E-state index in [0.29, 0.717) is 0 Å². The van der Waals surface area contributed by atoms with Gasteiger partial charge >= 0.3 is 11.9 Å². The Labute approximate surface area is 122 Å². The molecule has 0 radical (unpaired) electrons. The standard InChI is InChI=1S/C10H12N4O8/c15-9(16)4-7(10(17)18)12-11-6-2-1-5(13(19)20)3-8(6)14(21)22/h1-3,11,13-14,19,21H,4H2,(H,15,16)(H,17,18). The Morgan fingerprint density at radius 3 is 2.27 bits per heavy atom. The van der Waals surface area contributed by atoms with Gasteiger partial charge in [-0.1, -0.05) is 0 Å². The molecule has 7 N–H and O–H groups in total. The van der Waals surface area contributed by atoms with Crippen LogP contribution in [0.2, 0.25) is 0 Å². The fraction of sp³-hybridized carbons (Fsp3) is 0.100. The normalized spacial score (nSPS) is 14.3. The van der Waals surface area contributed by atoms with Crippen LogP contribution in [0.3, 0.4) is 0 Å². The van der Waals surface area contributed by atoms with Gasteiger partial charge in [-0.3, -0.25) is 10.2 Å². The van der Waals surface area contributed by atoms with Crippen molar-refractivity contribution in [1.29, 1.82) is 0 Å². The van der Waals surface area contributed by atoms with Crippen LogP contribution in [-0.2, 0) is 9.59 Å². The second-order valence-electron chi connectivity index (χ2n) is 3.92. The zero-order chi connectivity index (χ0) is 16.9. The van der Waals surface area contributed by atoms with Crippen molar-refractivity contribution in [2.75, 3.05) is 5.43 Å². The second-order valence-corrected chi connectivity index (χ2v) is 3.92. The molecule has 0 aliphatic rings. The highest BCUT2D eigenvalue weighted by Gasteiger charge is 2.16. The van der Waals surface area contributed by atoms with E-state index in [0.717, 1.165) is 18.2 Å². The summed E-state index contributed by atoms with van der Waals surface area (Å²) in [5.74, 6) is -3.02. The third kappa shape index (κ3) is 4.74. The highest BCUT2D eigenvalue weighted by molar-refractivity contribution is 6.38. The summed E-state index contributed by atoms with van der Waals surface area (Å²) in [5, 5.41) is 57.5. The summed E-state index contributed by atoms with van der Waals surface area (Å²) in [6, 6.07) is 3.03. The summed E-state index contributed by atoms with van der Waals surface area (Å²) in [4.78, 5) is 21.3. The lowest BCUT2D eigenvalue weighted by Gasteiger charge is -2.18. The molecule has 0 amide bonds. The third-order valence-corrected chi connectivity index (χ3v) is 2.37. The molecule has 1 rings (SSSR count). The molecule has 0 aliphatic carbocycles. The number of hydrazone groups is 1. The third-order valence-electron chi connectivity index (χ3n) is 2.37. The molecular weight excluding hydrogens is 304 g/mol. The summed E-state index contributed by atoms with van der Waals surface area (Å²) in [6.07, 6.45) is -0.877. The molecule has 22 heavy (non-hydrogen) atoms. The number of carbonyl (C=O) groups is 2. The number of rotatable bonds is 7. The Morgan fingerprint density at radius 1 is 1.18 bits per heavy atom. The van der Waals surface area contributed by atoms with Crippen LogP contribution < -0.4 is 15.9 Å². The summed E-state index contributed by atoms with van der Waals surface area (Å²) in [5.41, 5.74) is 0.458. The van der Waals surface area contributed by atoms with Crippen LogP contribution >= 0.6 is 0 Å². The molecule has 1 aromatic carbocycles. The number of quaternary nitrogens is 2. The van der Waals surface area contributed by atoms with Gasteiger partial charge in [0.2, 0.25) is 0 Å². The van der Waals surface area contributed by atoms with Gasteiger partial charge in [-0.2, -0.15) is 15.6 Å². The van der Waals surface area contributed by atoms with Gasteiger partial charge in [-0.05, 0) is 6.07 Å². The fourth-order valence-electron chi connectivity index (χ4n) is 1.39. The molecule has 0 aliphatic heterocycles. The number of hydrogen-bond donors (Lipinski definition) is 7. The van der Waals surface area contributed by atoms with E-state index in [9.17, 15) is 20.0 Å². The van der Waals surface area contributed by atoms with E-state index < -0.39 is 40.2 Å². The van der Waals surface area contributed by atoms with Crippen molar-refractivity contribution in [3.63, 3.8) is 0 Å². The van der Waals surface area contributed by atoms with Gasteiger partial charge in [0.05, 0.1) is 12.5 Å². The highest BCUT2D eigenvalue weighted by Crippen LogP contribution is 2.20. The van der Waals surface area contributed by atoms with Gasteiger partial charge in [-0.15, -0.1) is 0 Å². The minimum atomic E-state index is -1.59. The van der Waals surface area contributed by atoms with Crippen molar-refractivity contribution in [2.45, 2.75) is 6.42 Å². The van der Waals surface area contributed by atoms with E-state index in [1.165, 1.54) is 0 Å². The molecule has 0 aromatic heterocycles. The van der Waals surface area contributed by atoms with Crippen molar-refractivity contribution in [3.05, 3.63) is 28.6 Å². The van der Waals surface area contributed by atoms with E-state index in [4.69, 9.17) is 20.6 Å². The first-order chi connectivity index (χ1) is 10.2. The number of hydrogen-bond acceptors (Lipinski definition) is 8. The van der Waals surface area contributed by atoms with Gasteiger partial charge in [0.1, 0.15) is 5.69 Å². The summed E-state index contributed by atoms with van der Waals surface area (Å²) < 4.78 is 0. The Morgan fingerprint density at radius 2 is 1.82 bits per heavy atom. The number of nitrogens with one attached hydrogen (secondary N) is 3. The van der Waals surface area contributed by atoms with E-state index >= 15 is 0 Å². The minimum Gasteiger partial charge on any atom is -0.595 e. The largest absolute Gasteiger partial charge is 0.595 e. The summed E-state index contributed by atoms with van der Waals surface area (Å²) in [6.45, 7) is 0. The van der Waals surface area contributed by atoms with E-state index in [1.807, 2.05) is 0 Å². The van der Waals surface area contributed by atoms with Crippen molar-refractivity contribution in [2.24, 2.45) is 5.10 Å². The molecule has 12 nitrogen and oxygen atoms in total. The van der Waals surface area contributed by atoms with Crippen LogP contribution in [0.15, 0.2) is 23.3 Å². The number of nitrogens with zero attached hydrogens (tertiary/aromatic N) is 1.